The van der Waals surface area contributed by atoms with E-state index in [1.807, 2.05) is 72.2 Å². The number of rotatable bonds is 11. The van der Waals surface area contributed by atoms with Crippen LogP contribution in [0.4, 0.5) is 11.5 Å². The Morgan fingerprint density at radius 3 is 2.44 bits per heavy atom. The summed E-state index contributed by atoms with van der Waals surface area (Å²) in [5.41, 5.74) is 6.89. The molecule has 1 fully saturated rings. The summed E-state index contributed by atoms with van der Waals surface area (Å²) in [6.45, 7) is 2.47. The van der Waals surface area contributed by atoms with E-state index in [9.17, 15) is 14.4 Å². The zero-order valence-electron chi connectivity index (χ0n) is 21.7. The molecule has 2 aromatic carbocycles. The third-order valence-electron chi connectivity index (χ3n) is 6.64. The molecule has 2 aromatic heterocycles. The molecule has 0 radical (unpaired) electrons. The van der Waals surface area contributed by atoms with Crippen LogP contribution in [-0.2, 0) is 11.3 Å². The Hall–Kier alpha value is -4.12. The summed E-state index contributed by atoms with van der Waals surface area (Å²) >= 11 is 1.27. The van der Waals surface area contributed by atoms with Crippen molar-refractivity contribution in [1.82, 2.24) is 24.3 Å². The van der Waals surface area contributed by atoms with Crippen molar-refractivity contribution in [2.75, 3.05) is 22.9 Å². The molecule has 1 saturated carbocycles. The van der Waals surface area contributed by atoms with Crippen LogP contribution in [0, 0.1) is 0 Å². The monoisotopic (exact) mass is 545 g/mol. The zero-order chi connectivity index (χ0) is 27.4. The maximum absolute atomic E-state index is 13.6. The van der Waals surface area contributed by atoms with Crippen LogP contribution in [0.1, 0.15) is 49.9 Å². The summed E-state index contributed by atoms with van der Waals surface area (Å²) < 4.78 is 3.30. The van der Waals surface area contributed by atoms with Crippen molar-refractivity contribution in [3.8, 4) is 5.69 Å². The van der Waals surface area contributed by atoms with Crippen molar-refractivity contribution in [3.63, 3.8) is 0 Å². The molecule has 0 unspecified atom stereocenters. The van der Waals surface area contributed by atoms with Crippen LogP contribution in [0.3, 0.4) is 0 Å². The van der Waals surface area contributed by atoms with Gasteiger partial charge in [0.05, 0.1) is 12.3 Å². The molecule has 11 heteroatoms. The van der Waals surface area contributed by atoms with E-state index in [1.165, 1.54) is 21.2 Å². The minimum Gasteiger partial charge on any atom is -0.383 e. The van der Waals surface area contributed by atoms with Gasteiger partial charge < -0.3 is 10.6 Å². The van der Waals surface area contributed by atoms with Gasteiger partial charge in [-0.15, -0.1) is 10.2 Å². The fourth-order valence-corrected chi connectivity index (χ4v) is 5.28. The number of anilines is 2. The minimum atomic E-state index is -0.681. The van der Waals surface area contributed by atoms with Gasteiger partial charge in [0, 0.05) is 18.2 Å². The van der Waals surface area contributed by atoms with Gasteiger partial charge in [0.25, 0.3) is 5.56 Å². The lowest BCUT2D eigenvalue weighted by Crippen LogP contribution is -2.42. The molecule has 3 N–H and O–H groups in total. The largest absolute Gasteiger partial charge is 0.383 e. The molecule has 0 aliphatic heterocycles. The maximum atomic E-state index is 13.6. The number of thioether (sulfide) groups is 1. The van der Waals surface area contributed by atoms with E-state index < -0.39 is 11.2 Å². The number of carbonyl (C=O) groups excluding carboxylic acids is 1. The second kappa shape index (κ2) is 11.7. The van der Waals surface area contributed by atoms with Crippen LogP contribution in [-0.4, -0.2) is 42.5 Å². The van der Waals surface area contributed by atoms with Crippen molar-refractivity contribution < 1.29 is 4.79 Å². The predicted molar refractivity (Wildman–Crippen MR) is 153 cm³/mol. The Kier molecular flexibility index (Phi) is 7.97. The number of aromatic nitrogens is 5. The number of nitrogen functional groups attached to an aromatic ring is 1. The summed E-state index contributed by atoms with van der Waals surface area (Å²) in [7, 11) is 0. The average Bonchev–Trinajstić information content (AvgIpc) is 3.71. The topological polar surface area (TPSA) is 132 Å². The van der Waals surface area contributed by atoms with E-state index in [2.05, 4.69) is 15.2 Å². The molecule has 0 bridgehead atoms. The SMILES string of the molecule is CCCCN(C(=O)CSc1nnc(C2CC2)n1-c1ccccc1)c1c(N)n(Cc2ccccc2)c(=O)[nH]c1=O. The van der Waals surface area contributed by atoms with Crippen LogP contribution in [0.15, 0.2) is 75.4 Å². The van der Waals surface area contributed by atoms with Gasteiger partial charge in [0.1, 0.15) is 11.6 Å². The zero-order valence-corrected chi connectivity index (χ0v) is 22.6. The Bertz CT molecular complexity index is 1560. The number of aromatic amines is 1. The van der Waals surface area contributed by atoms with E-state index in [0.717, 1.165) is 36.3 Å². The highest BCUT2D eigenvalue weighted by molar-refractivity contribution is 7.99. The highest BCUT2D eigenvalue weighted by Gasteiger charge is 2.31. The predicted octanol–water partition coefficient (Wildman–Crippen LogP) is 3.55. The Morgan fingerprint density at radius 1 is 1.08 bits per heavy atom. The van der Waals surface area contributed by atoms with Crippen molar-refractivity contribution in [1.29, 1.82) is 0 Å². The third-order valence-corrected chi connectivity index (χ3v) is 7.56. The van der Waals surface area contributed by atoms with Crippen molar-refractivity contribution in [3.05, 3.63) is 92.9 Å². The molecule has 39 heavy (non-hydrogen) atoms. The van der Waals surface area contributed by atoms with Gasteiger partial charge in [0.2, 0.25) is 5.91 Å². The van der Waals surface area contributed by atoms with Gasteiger partial charge >= 0.3 is 5.69 Å². The first-order chi connectivity index (χ1) is 19.0. The number of nitrogens with one attached hydrogen (secondary N) is 1. The molecule has 0 saturated heterocycles. The molecule has 0 atom stereocenters. The summed E-state index contributed by atoms with van der Waals surface area (Å²) in [6, 6.07) is 19.2. The molecule has 0 spiro atoms. The Balaban J connectivity index is 1.44. The second-order valence-corrected chi connectivity index (χ2v) is 10.5. The normalized spacial score (nSPS) is 12.9. The summed E-state index contributed by atoms with van der Waals surface area (Å²) in [5.74, 6) is 0.952. The standard InChI is InChI=1S/C28H31N7O3S/c1-2-3-16-33(23-24(29)34(27(38)30-26(23)37)17-19-10-6-4-7-11-19)22(36)18-39-28-32-31-25(20-14-15-20)35(28)21-12-8-5-9-13-21/h4-13,20H,2-3,14-18,29H2,1H3,(H,30,37,38). The van der Waals surface area contributed by atoms with E-state index >= 15 is 0 Å². The highest BCUT2D eigenvalue weighted by atomic mass is 32.2. The third kappa shape index (κ3) is 5.83. The number of hydrogen-bond donors (Lipinski definition) is 2. The molecule has 2 heterocycles. The van der Waals surface area contributed by atoms with Crippen LogP contribution in [0.25, 0.3) is 5.69 Å². The lowest BCUT2D eigenvalue weighted by molar-refractivity contribution is -0.116. The van der Waals surface area contributed by atoms with Crippen molar-refractivity contribution in [2.24, 2.45) is 0 Å². The fraction of sp³-hybridized carbons (Fsp3) is 0.321. The molecule has 202 valence electrons. The summed E-state index contributed by atoms with van der Waals surface area (Å²) in [5, 5.41) is 9.44. The minimum absolute atomic E-state index is 0.00669. The average molecular weight is 546 g/mol. The first-order valence-electron chi connectivity index (χ1n) is 13.1. The molecule has 10 nitrogen and oxygen atoms in total. The molecule has 5 rings (SSSR count). The first kappa shape index (κ1) is 26.5. The number of hydrogen-bond acceptors (Lipinski definition) is 7. The van der Waals surface area contributed by atoms with E-state index in [-0.39, 0.29) is 29.7 Å². The lowest BCUT2D eigenvalue weighted by Gasteiger charge is -2.24. The number of nitrogens with two attached hydrogens (primary N) is 1. The molecule has 1 aliphatic carbocycles. The summed E-state index contributed by atoms with van der Waals surface area (Å²) in [4.78, 5) is 43.1. The highest BCUT2D eigenvalue weighted by Crippen LogP contribution is 2.41. The smallest absolute Gasteiger partial charge is 0.330 e. The Labute approximate surface area is 229 Å². The molecular formula is C28H31N7O3S. The number of H-pyrrole nitrogens is 1. The fourth-order valence-electron chi connectivity index (χ4n) is 4.44. The number of amides is 1. The number of benzene rings is 2. The van der Waals surface area contributed by atoms with Crippen LogP contribution in [0.5, 0.6) is 0 Å². The second-order valence-electron chi connectivity index (χ2n) is 9.54. The molecule has 4 aromatic rings. The van der Waals surface area contributed by atoms with E-state index in [0.29, 0.717) is 24.0 Å². The first-order valence-corrected chi connectivity index (χ1v) is 14.1. The van der Waals surface area contributed by atoms with Gasteiger partial charge in [0.15, 0.2) is 10.8 Å². The van der Waals surface area contributed by atoms with Gasteiger partial charge in [-0.1, -0.05) is 73.6 Å². The number of para-hydroxylation sites is 1. The lowest BCUT2D eigenvalue weighted by atomic mass is 10.2. The van der Waals surface area contributed by atoms with E-state index in [4.69, 9.17) is 5.73 Å². The van der Waals surface area contributed by atoms with Crippen LogP contribution >= 0.6 is 11.8 Å². The number of nitrogens with zero attached hydrogens (tertiary/aromatic N) is 5. The van der Waals surface area contributed by atoms with E-state index in [1.54, 1.807) is 0 Å². The number of carbonyl (C=O) groups is 1. The van der Waals surface area contributed by atoms with Crippen LogP contribution in [0.2, 0.25) is 0 Å². The number of unbranched alkanes of at least 4 members (excludes halogenated alkanes) is 1. The molecule has 1 aliphatic rings. The maximum Gasteiger partial charge on any atom is 0.330 e. The van der Waals surface area contributed by atoms with Crippen molar-refractivity contribution >= 4 is 29.2 Å². The van der Waals surface area contributed by atoms with Gasteiger partial charge in [-0.05, 0) is 37.0 Å². The molecule has 1 amide bonds. The van der Waals surface area contributed by atoms with Gasteiger partial charge in [-0.2, -0.15) is 0 Å². The van der Waals surface area contributed by atoms with Gasteiger partial charge in [-0.25, -0.2) is 4.79 Å². The summed E-state index contributed by atoms with van der Waals surface area (Å²) in [6.07, 6.45) is 3.62. The van der Waals surface area contributed by atoms with Crippen molar-refractivity contribution in [2.45, 2.75) is 50.2 Å². The quantitative estimate of drug-likeness (QED) is 0.276. The van der Waals surface area contributed by atoms with Crippen LogP contribution < -0.4 is 21.9 Å². The Morgan fingerprint density at radius 2 is 1.77 bits per heavy atom. The van der Waals surface area contributed by atoms with Gasteiger partial charge in [-0.3, -0.25) is 23.7 Å². The molecular weight excluding hydrogens is 514 g/mol.